The van der Waals surface area contributed by atoms with Crippen LogP contribution in [-0.2, 0) is 4.74 Å². The van der Waals surface area contributed by atoms with Gasteiger partial charge in [-0.05, 0) is 47.5 Å². The highest BCUT2D eigenvalue weighted by Gasteiger charge is 2.18. The van der Waals surface area contributed by atoms with Crippen LogP contribution in [0.25, 0.3) is 5.69 Å². The number of hydrogen-bond acceptors (Lipinski definition) is 4. The molecule has 0 radical (unpaired) electrons. The van der Waals surface area contributed by atoms with Crippen molar-refractivity contribution in [3.05, 3.63) is 40.3 Å². The van der Waals surface area contributed by atoms with E-state index >= 15 is 0 Å². The summed E-state index contributed by atoms with van der Waals surface area (Å²) in [5, 5.41) is 0. The second-order valence-electron chi connectivity index (χ2n) is 4.02. The molecule has 2 N–H and O–H groups in total. The zero-order valence-corrected chi connectivity index (χ0v) is 12.3. The number of nitrogens with zero attached hydrogens (tertiary/aromatic N) is 2. The van der Waals surface area contributed by atoms with Gasteiger partial charge in [0, 0.05) is 4.47 Å². The lowest BCUT2D eigenvalue weighted by Crippen LogP contribution is -2.09. The molecule has 6 heteroatoms. The van der Waals surface area contributed by atoms with Gasteiger partial charge in [-0.15, -0.1) is 0 Å². The lowest BCUT2D eigenvalue weighted by atomic mass is 10.2. The van der Waals surface area contributed by atoms with E-state index < -0.39 is 5.97 Å². The molecule has 0 aliphatic rings. The van der Waals surface area contributed by atoms with Crippen LogP contribution in [0, 0.1) is 6.92 Å². The summed E-state index contributed by atoms with van der Waals surface area (Å²) >= 11 is 3.46. The fourth-order valence-electron chi connectivity index (χ4n) is 1.71. The average Bonchev–Trinajstić information content (AvgIpc) is 2.74. The number of aryl methyl sites for hydroxylation is 1. The molecule has 1 heterocycles. The van der Waals surface area contributed by atoms with Crippen LogP contribution in [0.15, 0.2) is 29.0 Å². The van der Waals surface area contributed by atoms with Gasteiger partial charge >= 0.3 is 5.97 Å². The van der Waals surface area contributed by atoms with Crippen molar-refractivity contribution in [1.82, 2.24) is 9.55 Å². The molecular weight excluding hydrogens is 310 g/mol. The minimum absolute atomic E-state index is 0.134. The number of carbonyl (C=O) groups is 1. The van der Waals surface area contributed by atoms with E-state index in [4.69, 9.17) is 10.5 Å². The molecule has 2 rings (SSSR count). The Morgan fingerprint density at radius 3 is 2.95 bits per heavy atom. The van der Waals surface area contributed by atoms with E-state index in [9.17, 15) is 4.79 Å². The summed E-state index contributed by atoms with van der Waals surface area (Å²) in [6, 6.07) is 5.86. The maximum atomic E-state index is 11.7. The summed E-state index contributed by atoms with van der Waals surface area (Å²) in [6.07, 6.45) is 1.52. The topological polar surface area (TPSA) is 70.1 Å². The fourth-order valence-corrected chi connectivity index (χ4v) is 2.15. The Morgan fingerprint density at radius 2 is 2.26 bits per heavy atom. The van der Waals surface area contributed by atoms with E-state index in [0.29, 0.717) is 6.61 Å². The van der Waals surface area contributed by atoms with Gasteiger partial charge in [0.2, 0.25) is 0 Å². The first-order valence-corrected chi connectivity index (χ1v) is 6.60. The van der Waals surface area contributed by atoms with E-state index in [1.165, 1.54) is 6.33 Å². The van der Waals surface area contributed by atoms with E-state index in [-0.39, 0.29) is 11.5 Å². The van der Waals surface area contributed by atoms with Crippen molar-refractivity contribution in [2.75, 3.05) is 12.3 Å². The number of benzene rings is 1. The number of rotatable bonds is 3. The summed E-state index contributed by atoms with van der Waals surface area (Å²) in [6.45, 7) is 4.01. The molecule has 0 amide bonds. The summed E-state index contributed by atoms with van der Waals surface area (Å²) in [5.41, 5.74) is 8.02. The predicted octanol–water partition coefficient (Wildman–Crippen LogP) is 2.70. The molecule has 0 saturated heterocycles. The van der Waals surface area contributed by atoms with E-state index in [2.05, 4.69) is 20.9 Å². The number of halogens is 1. The largest absolute Gasteiger partial charge is 0.461 e. The van der Waals surface area contributed by atoms with Gasteiger partial charge in [0.1, 0.15) is 12.1 Å². The van der Waals surface area contributed by atoms with Crippen LogP contribution >= 0.6 is 15.9 Å². The molecule has 5 nitrogen and oxygen atoms in total. The molecule has 0 spiro atoms. The second-order valence-corrected chi connectivity index (χ2v) is 4.88. The Bertz CT molecular complexity index is 622. The normalized spacial score (nSPS) is 10.5. The van der Waals surface area contributed by atoms with Gasteiger partial charge in [-0.3, -0.25) is 4.57 Å². The van der Waals surface area contributed by atoms with Gasteiger partial charge in [-0.1, -0.05) is 6.07 Å². The summed E-state index contributed by atoms with van der Waals surface area (Å²) in [4.78, 5) is 15.7. The SMILES string of the molecule is CCOC(=O)c1ncn(-c2cc(C)ccc2Br)c1N. The molecule has 1 aromatic heterocycles. The number of ether oxygens (including phenoxy) is 1. The van der Waals surface area contributed by atoms with Crippen LogP contribution in [0.5, 0.6) is 0 Å². The minimum atomic E-state index is -0.512. The highest BCUT2D eigenvalue weighted by molar-refractivity contribution is 9.10. The maximum absolute atomic E-state index is 11.7. The molecule has 0 aliphatic heterocycles. The van der Waals surface area contributed by atoms with E-state index in [1.54, 1.807) is 11.5 Å². The first kappa shape index (κ1) is 13.6. The molecule has 1 aromatic carbocycles. The van der Waals surface area contributed by atoms with Gasteiger partial charge in [-0.25, -0.2) is 9.78 Å². The van der Waals surface area contributed by atoms with Crippen LogP contribution in [-0.4, -0.2) is 22.1 Å². The van der Waals surface area contributed by atoms with E-state index in [0.717, 1.165) is 15.7 Å². The average molecular weight is 324 g/mol. The second kappa shape index (κ2) is 5.44. The molecule has 19 heavy (non-hydrogen) atoms. The van der Waals surface area contributed by atoms with Crippen molar-refractivity contribution in [2.45, 2.75) is 13.8 Å². The minimum Gasteiger partial charge on any atom is -0.461 e. The lowest BCUT2D eigenvalue weighted by Gasteiger charge is -2.09. The van der Waals surface area contributed by atoms with Crippen molar-refractivity contribution in [2.24, 2.45) is 0 Å². The molecule has 0 unspecified atom stereocenters. The van der Waals surface area contributed by atoms with Crippen LogP contribution in [0.2, 0.25) is 0 Å². The zero-order valence-electron chi connectivity index (χ0n) is 10.7. The Hall–Kier alpha value is -1.82. The van der Waals surface area contributed by atoms with Gasteiger partial charge in [0.15, 0.2) is 5.69 Å². The monoisotopic (exact) mass is 323 g/mol. The van der Waals surface area contributed by atoms with Gasteiger partial charge in [-0.2, -0.15) is 0 Å². The summed E-state index contributed by atoms with van der Waals surface area (Å²) < 4.78 is 7.43. The number of imidazole rings is 1. The lowest BCUT2D eigenvalue weighted by molar-refractivity contribution is 0.0521. The highest BCUT2D eigenvalue weighted by Crippen LogP contribution is 2.26. The molecule has 0 atom stereocenters. The smallest absolute Gasteiger partial charge is 0.360 e. The molecule has 0 saturated carbocycles. The molecule has 0 aliphatic carbocycles. The number of nitrogen functional groups attached to an aromatic ring is 1. The summed E-state index contributed by atoms with van der Waals surface area (Å²) in [7, 11) is 0. The van der Waals surface area contributed by atoms with Crippen LogP contribution in [0.3, 0.4) is 0 Å². The van der Waals surface area contributed by atoms with Gasteiger partial charge in [0.25, 0.3) is 0 Å². The Morgan fingerprint density at radius 1 is 1.53 bits per heavy atom. The fraction of sp³-hybridized carbons (Fsp3) is 0.231. The van der Waals surface area contributed by atoms with Gasteiger partial charge < -0.3 is 10.5 Å². The van der Waals surface area contributed by atoms with Crippen molar-refractivity contribution < 1.29 is 9.53 Å². The standard InChI is InChI=1S/C13H14BrN3O2/c1-3-19-13(18)11-12(15)17(7-16-11)10-6-8(2)4-5-9(10)14/h4-7H,3,15H2,1-2H3. The zero-order chi connectivity index (χ0) is 14.0. The number of anilines is 1. The molecule has 2 aromatic rings. The van der Waals surface area contributed by atoms with Crippen molar-refractivity contribution in [1.29, 1.82) is 0 Å². The van der Waals surface area contributed by atoms with E-state index in [1.807, 2.05) is 25.1 Å². The third-order valence-electron chi connectivity index (χ3n) is 2.63. The van der Waals surface area contributed by atoms with Crippen LogP contribution in [0.1, 0.15) is 23.0 Å². The van der Waals surface area contributed by atoms with Crippen LogP contribution < -0.4 is 5.73 Å². The maximum Gasteiger partial charge on any atom is 0.360 e. The van der Waals surface area contributed by atoms with Gasteiger partial charge in [0.05, 0.1) is 12.3 Å². The molecule has 0 bridgehead atoms. The molecular formula is C13H14BrN3O2. The Kier molecular flexibility index (Phi) is 3.90. The third-order valence-corrected chi connectivity index (χ3v) is 3.30. The third kappa shape index (κ3) is 2.63. The van der Waals surface area contributed by atoms with Crippen LogP contribution in [0.4, 0.5) is 5.82 Å². The van der Waals surface area contributed by atoms with Crippen molar-refractivity contribution in [3.63, 3.8) is 0 Å². The number of aromatic nitrogens is 2. The number of hydrogen-bond donors (Lipinski definition) is 1. The Labute approximate surface area is 119 Å². The quantitative estimate of drug-likeness (QED) is 0.881. The Balaban J connectivity index is 2.47. The predicted molar refractivity (Wildman–Crippen MR) is 76.4 cm³/mol. The molecule has 100 valence electrons. The van der Waals surface area contributed by atoms with Crippen molar-refractivity contribution >= 4 is 27.7 Å². The number of esters is 1. The highest BCUT2D eigenvalue weighted by atomic mass is 79.9. The number of carbonyl (C=O) groups excluding carboxylic acids is 1. The first-order chi connectivity index (χ1) is 9.04. The summed E-state index contributed by atoms with van der Waals surface area (Å²) in [5.74, 6) is -0.243. The first-order valence-electron chi connectivity index (χ1n) is 5.81. The number of nitrogens with two attached hydrogens (primary N) is 1. The molecule has 0 fully saturated rings. The van der Waals surface area contributed by atoms with Crippen molar-refractivity contribution in [3.8, 4) is 5.69 Å².